The van der Waals surface area contributed by atoms with E-state index in [4.69, 9.17) is 5.11 Å². The number of hydrogen-bond acceptors (Lipinski definition) is 3. The number of hydrogen-bond donors (Lipinski definition) is 1. The monoisotopic (exact) mass is 418 g/mol. The lowest BCUT2D eigenvalue weighted by Crippen LogP contribution is -2.66. The van der Waals surface area contributed by atoms with E-state index in [1.54, 1.807) is 6.08 Å². The van der Waals surface area contributed by atoms with E-state index in [1.165, 1.54) is 0 Å². The highest BCUT2D eigenvalue weighted by atomic mass is 16.2. The average molecular weight is 419 g/mol. The lowest BCUT2D eigenvalue weighted by atomic mass is 9.42. The van der Waals surface area contributed by atoms with Gasteiger partial charge in [-0.15, -0.1) is 0 Å². The van der Waals surface area contributed by atoms with Crippen LogP contribution in [-0.2, 0) is 9.59 Å². The van der Waals surface area contributed by atoms with Crippen molar-refractivity contribution in [1.82, 2.24) is 0 Å². The van der Waals surface area contributed by atoms with Crippen molar-refractivity contribution in [3.8, 4) is 0 Å². The number of ketones is 2. The summed E-state index contributed by atoms with van der Waals surface area (Å²) < 4.78 is 0. The Kier molecular flexibility index (Phi) is 7.10. The molecule has 31 heavy (non-hydrogen) atoms. The molecular weight excluding hydrogens is 384 g/mol. The van der Waals surface area contributed by atoms with Crippen LogP contribution in [0.1, 0.15) is 59.6 Å². The summed E-state index contributed by atoms with van der Waals surface area (Å²) in [5, 5.41) is 8.34. The fourth-order valence-electron chi connectivity index (χ4n) is 4.83. The molecule has 0 bridgehead atoms. The lowest BCUT2D eigenvalue weighted by Gasteiger charge is -2.57. The Morgan fingerprint density at radius 2 is 1.19 bits per heavy atom. The van der Waals surface area contributed by atoms with E-state index in [0.29, 0.717) is 5.57 Å². The fourth-order valence-corrected chi connectivity index (χ4v) is 4.83. The van der Waals surface area contributed by atoms with Crippen LogP contribution in [0.15, 0.2) is 72.5 Å². The van der Waals surface area contributed by atoms with Crippen LogP contribution in [0.5, 0.6) is 0 Å². The van der Waals surface area contributed by atoms with Crippen LogP contribution in [-0.4, -0.2) is 16.7 Å². The molecule has 3 heteroatoms. The van der Waals surface area contributed by atoms with Crippen molar-refractivity contribution in [2.24, 2.45) is 16.2 Å². The zero-order chi connectivity index (χ0) is 23.4. The SMILES string of the molecule is CC(=C1C(=O)C(C(C)(C)C)(C(C)(C)C)C1=O)c1ccccc1.OC=Cc1ccccc1. The summed E-state index contributed by atoms with van der Waals surface area (Å²) in [4.78, 5) is 26.2. The summed E-state index contributed by atoms with van der Waals surface area (Å²) in [6.45, 7) is 13.8. The van der Waals surface area contributed by atoms with Gasteiger partial charge in [-0.3, -0.25) is 9.59 Å². The van der Waals surface area contributed by atoms with E-state index in [0.717, 1.165) is 23.0 Å². The van der Waals surface area contributed by atoms with E-state index < -0.39 is 16.2 Å². The second-order valence-electron chi connectivity index (χ2n) is 10.0. The smallest absolute Gasteiger partial charge is 0.181 e. The Bertz CT molecular complexity index is 948. The number of allylic oxidation sites excluding steroid dienone is 2. The highest BCUT2D eigenvalue weighted by Gasteiger charge is 2.70. The Hall–Kier alpha value is -2.94. The number of carbonyl (C=O) groups excluding carboxylic acids is 2. The second kappa shape index (κ2) is 9.05. The molecule has 0 radical (unpaired) electrons. The van der Waals surface area contributed by atoms with Crippen LogP contribution >= 0.6 is 0 Å². The average Bonchev–Trinajstić information content (AvgIpc) is 2.68. The van der Waals surface area contributed by atoms with Crippen molar-refractivity contribution in [3.63, 3.8) is 0 Å². The maximum Gasteiger partial charge on any atom is 0.181 e. The maximum atomic E-state index is 13.1. The second-order valence-corrected chi connectivity index (χ2v) is 10.0. The zero-order valence-electron chi connectivity index (χ0n) is 19.7. The topological polar surface area (TPSA) is 54.4 Å². The predicted molar refractivity (Wildman–Crippen MR) is 128 cm³/mol. The van der Waals surface area contributed by atoms with Crippen LogP contribution in [0.4, 0.5) is 0 Å². The van der Waals surface area contributed by atoms with Crippen LogP contribution in [0, 0.1) is 16.2 Å². The molecule has 3 nitrogen and oxygen atoms in total. The molecule has 3 rings (SSSR count). The predicted octanol–water partition coefficient (Wildman–Crippen LogP) is 6.91. The minimum Gasteiger partial charge on any atom is -0.516 e. The summed E-state index contributed by atoms with van der Waals surface area (Å²) in [7, 11) is 0. The van der Waals surface area contributed by atoms with Gasteiger partial charge in [0.1, 0.15) is 5.41 Å². The first-order valence-corrected chi connectivity index (χ1v) is 10.6. The van der Waals surface area contributed by atoms with Gasteiger partial charge in [-0.1, -0.05) is 102 Å². The van der Waals surface area contributed by atoms with E-state index in [9.17, 15) is 9.59 Å². The van der Waals surface area contributed by atoms with Crippen molar-refractivity contribution in [3.05, 3.63) is 83.6 Å². The minimum atomic E-state index is -0.939. The Balaban J connectivity index is 0.000000316. The van der Waals surface area contributed by atoms with Crippen molar-refractivity contribution in [1.29, 1.82) is 0 Å². The van der Waals surface area contributed by atoms with E-state index in [-0.39, 0.29) is 11.6 Å². The largest absolute Gasteiger partial charge is 0.516 e. The van der Waals surface area contributed by atoms with Gasteiger partial charge in [0.2, 0.25) is 0 Å². The van der Waals surface area contributed by atoms with Gasteiger partial charge < -0.3 is 5.11 Å². The molecule has 0 amide bonds. The van der Waals surface area contributed by atoms with E-state index >= 15 is 0 Å². The highest BCUT2D eigenvalue weighted by molar-refractivity contribution is 6.45. The Labute approximate surface area is 186 Å². The first kappa shape index (κ1) is 24.3. The van der Waals surface area contributed by atoms with Gasteiger partial charge in [0.15, 0.2) is 11.6 Å². The first-order valence-electron chi connectivity index (χ1n) is 10.6. The minimum absolute atomic E-state index is 0.00106. The zero-order valence-corrected chi connectivity index (χ0v) is 19.7. The fraction of sp³-hybridized carbons (Fsp3) is 0.357. The van der Waals surface area contributed by atoms with Crippen molar-refractivity contribution >= 4 is 23.2 Å². The summed E-state index contributed by atoms with van der Waals surface area (Å²) >= 11 is 0. The van der Waals surface area contributed by atoms with Gasteiger partial charge in [0.25, 0.3) is 0 Å². The molecule has 1 aliphatic rings. The normalized spacial score (nSPS) is 15.9. The molecule has 164 valence electrons. The maximum absolute atomic E-state index is 13.1. The van der Waals surface area contributed by atoms with Crippen molar-refractivity contribution < 1.29 is 14.7 Å². The molecule has 0 aliphatic heterocycles. The molecule has 1 saturated carbocycles. The number of Topliss-reactive ketones (excluding diaryl/α,β-unsaturated/α-hetero) is 2. The number of carbonyl (C=O) groups is 2. The molecule has 0 heterocycles. The third kappa shape index (κ3) is 4.41. The van der Waals surface area contributed by atoms with Crippen LogP contribution < -0.4 is 0 Å². The molecule has 2 aromatic rings. The van der Waals surface area contributed by atoms with Crippen LogP contribution in [0.2, 0.25) is 0 Å². The number of aliphatic hydroxyl groups excluding tert-OH is 1. The van der Waals surface area contributed by atoms with Gasteiger partial charge in [0, 0.05) is 0 Å². The van der Waals surface area contributed by atoms with E-state index in [2.05, 4.69) is 0 Å². The van der Waals surface area contributed by atoms with Gasteiger partial charge in [-0.2, -0.15) is 0 Å². The number of benzene rings is 2. The van der Waals surface area contributed by atoms with Gasteiger partial charge in [-0.25, -0.2) is 0 Å². The van der Waals surface area contributed by atoms with Crippen LogP contribution in [0.25, 0.3) is 11.6 Å². The molecule has 0 unspecified atom stereocenters. The summed E-state index contributed by atoms with van der Waals surface area (Å²) in [6, 6.07) is 19.3. The molecule has 0 atom stereocenters. The third-order valence-corrected chi connectivity index (χ3v) is 6.03. The summed E-state index contributed by atoms with van der Waals surface area (Å²) in [5.41, 5.74) is 1.39. The molecule has 2 aromatic carbocycles. The van der Waals surface area contributed by atoms with Gasteiger partial charge >= 0.3 is 0 Å². The number of rotatable bonds is 2. The molecule has 1 fully saturated rings. The lowest BCUT2D eigenvalue weighted by molar-refractivity contribution is -0.165. The van der Waals surface area contributed by atoms with Gasteiger partial charge in [-0.05, 0) is 40.5 Å². The number of aliphatic hydroxyl groups is 1. The van der Waals surface area contributed by atoms with Gasteiger partial charge in [0.05, 0.1) is 11.8 Å². The highest BCUT2D eigenvalue weighted by Crippen LogP contribution is 2.61. The first-order chi connectivity index (χ1) is 14.4. The third-order valence-electron chi connectivity index (χ3n) is 6.03. The summed E-state index contributed by atoms with van der Waals surface area (Å²) in [6.07, 6.45) is 2.68. The molecule has 0 spiro atoms. The van der Waals surface area contributed by atoms with Crippen molar-refractivity contribution in [2.75, 3.05) is 0 Å². The van der Waals surface area contributed by atoms with Crippen LogP contribution in [0.3, 0.4) is 0 Å². The molecular formula is C28H34O3. The van der Waals surface area contributed by atoms with E-state index in [1.807, 2.05) is 109 Å². The quantitative estimate of drug-likeness (QED) is 0.250. The molecule has 0 saturated heterocycles. The Morgan fingerprint density at radius 3 is 1.58 bits per heavy atom. The summed E-state index contributed by atoms with van der Waals surface area (Å²) in [5.74, 6) is -0.00212. The molecule has 1 aliphatic carbocycles. The van der Waals surface area contributed by atoms with Crippen molar-refractivity contribution in [2.45, 2.75) is 48.5 Å². The standard InChI is InChI=1S/C20H26O2.C8H8O/c1-13(14-11-9-8-10-12-14)15-16(21)20(17(15)22,18(2,3)4)19(5,6)7;9-7-6-8-4-2-1-3-5-8/h8-12H,1-7H3;1-7,9H. The Morgan fingerprint density at radius 1 is 0.774 bits per heavy atom. The molecule has 1 N–H and O–H groups in total. The molecule has 0 aromatic heterocycles.